The summed E-state index contributed by atoms with van der Waals surface area (Å²) in [5.41, 5.74) is 0. The molecule has 0 aromatic carbocycles. The highest BCUT2D eigenvalue weighted by atomic mass is 16.4. The average molecular weight is 114 g/mol. The number of hydrogen-bond donors (Lipinski definition) is 3. The molecule has 0 fully saturated rings. The zero-order valence-electron chi connectivity index (χ0n) is 4.14. The Hall–Kier alpha value is -1.41. The number of hydrogen-bond acceptors (Lipinski definition) is 3. The SMILES string of the molecule is C=CC(=O)O.N=C=N. The second kappa shape index (κ2) is 9.14. The molecule has 4 heteroatoms. The Morgan fingerprint density at radius 1 is 1.75 bits per heavy atom. The molecule has 0 saturated carbocycles. The molecule has 0 bridgehead atoms. The van der Waals surface area contributed by atoms with Crippen LogP contribution in [0.15, 0.2) is 12.7 Å². The van der Waals surface area contributed by atoms with Crippen molar-refractivity contribution in [2.24, 2.45) is 0 Å². The predicted molar refractivity (Wildman–Crippen MR) is 28.3 cm³/mol. The Labute approximate surface area is 46.5 Å². The van der Waals surface area contributed by atoms with Crippen molar-refractivity contribution in [1.29, 1.82) is 10.8 Å². The molecular weight excluding hydrogens is 108 g/mol. The summed E-state index contributed by atoms with van der Waals surface area (Å²) in [6.45, 7) is 2.96. The first-order valence-corrected chi connectivity index (χ1v) is 1.62. The maximum atomic E-state index is 9.25. The number of carboxylic acid groups (broad SMARTS) is 1. The van der Waals surface area contributed by atoms with Crippen molar-refractivity contribution in [3.63, 3.8) is 0 Å². The minimum atomic E-state index is -0.981. The molecule has 0 aromatic rings. The maximum absolute atomic E-state index is 9.25. The minimum absolute atomic E-state index is 0.833. The summed E-state index contributed by atoms with van der Waals surface area (Å²) in [7, 11) is 0. The molecule has 44 valence electrons. The summed E-state index contributed by atoms with van der Waals surface area (Å²) in [6.07, 6.45) is 0.833. The van der Waals surface area contributed by atoms with Crippen molar-refractivity contribution >= 4 is 12.0 Å². The van der Waals surface area contributed by atoms with Crippen LogP contribution in [0.2, 0.25) is 0 Å². The second-order valence-corrected chi connectivity index (χ2v) is 0.667. The molecule has 0 rings (SSSR count). The van der Waals surface area contributed by atoms with Crippen LogP contribution in [0.3, 0.4) is 0 Å². The Morgan fingerprint density at radius 3 is 1.88 bits per heavy atom. The normalized spacial score (nSPS) is 5.00. The van der Waals surface area contributed by atoms with Crippen molar-refractivity contribution in [2.45, 2.75) is 0 Å². The van der Waals surface area contributed by atoms with Gasteiger partial charge in [-0.3, -0.25) is 0 Å². The fraction of sp³-hybridized carbons (Fsp3) is 0. The monoisotopic (exact) mass is 114 g/mol. The van der Waals surface area contributed by atoms with Crippen LogP contribution in [0, 0.1) is 10.8 Å². The zero-order chi connectivity index (χ0) is 6.99. The highest BCUT2D eigenvalue weighted by molar-refractivity contribution is 5.78. The molecule has 0 aliphatic rings. The third kappa shape index (κ3) is 170. The smallest absolute Gasteiger partial charge is 0.327 e. The lowest BCUT2D eigenvalue weighted by Crippen LogP contribution is -1.82. The Balaban J connectivity index is 0. The lowest BCUT2D eigenvalue weighted by atomic mass is 10.7. The van der Waals surface area contributed by atoms with Gasteiger partial charge in [0.2, 0.25) is 0 Å². The summed E-state index contributed by atoms with van der Waals surface area (Å²) in [5.74, 6) is -0.981. The summed E-state index contributed by atoms with van der Waals surface area (Å²) in [5, 5.41) is 18.9. The number of rotatable bonds is 1. The van der Waals surface area contributed by atoms with E-state index in [-0.39, 0.29) is 0 Å². The Bertz CT molecular complexity index is 113. The van der Waals surface area contributed by atoms with Crippen molar-refractivity contribution in [2.75, 3.05) is 0 Å². The van der Waals surface area contributed by atoms with Crippen molar-refractivity contribution in [1.82, 2.24) is 0 Å². The largest absolute Gasteiger partial charge is 0.478 e. The molecule has 0 aromatic heterocycles. The van der Waals surface area contributed by atoms with Crippen molar-refractivity contribution < 1.29 is 9.90 Å². The van der Waals surface area contributed by atoms with E-state index in [2.05, 4.69) is 6.58 Å². The van der Waals surface area contributed by atoms with Gasteiger partial charge < -0.3 is 5.11 Å². The highest BCUT2D eigenvalue weighted by Gasteiger charge is 1.73. The third-order valence-electron chi connectivity index (χ3n) is 0.175. The van der Waals surface area contributed by atoms with Crippen LogP contribution in [0.1, 0.15) is 0 Å². The molecule has 4 nitrogen and oxygen atoms in total. The van der Waals surface area contributed by atoms with E-state index in [4.69, 9.17) is 15.9 Å². The molecular formula is C4H6N2O2. The van der Waals surface area contributed by atoms with Gasteiger partial charge in [-0.15, -0.1) is 0 Å². The quantitative estimate of drug-likeness (QED) is 0.344. The number of carbonyl (C=O) groups is 1. The van der Waals surface area contributed by atoms with E-state index in [1.54, 1.807) is 0 Å². The standard InChI is InChI=1S/C3H4O2.CH2N2/c1-2-3(4)5;2-1-3/h2H,1H2,(H,4,5);2-3H. The Kier molecular flexibility index (Phi) is 11.2. The first-order chi connectivity index (χ1) is 3.68. The maximum Gasteiger partial charge on any atom is 0.327 e. The van der Waals surface area contributed by atoms with Gasteiger partial charge in [0.1, 0.15) is 0 Å². The molecule has 0 spiro atoms. The van der Waals surface area contributed by atoms with Gasteiger partial charge in [-0.25, -0.2) is 15.6 Å². The molecule has 0 saturated heterocycles. The third-order valence-corrected chi connectivity index (χ3v) is 0.175. The highest BCUT2D eigenvalue weighted by Crippen LogP contribution is 1.54. The summed E-state index contributed by atoms with van der Waals surface area (Å²) in [4.78, 5) is 9.25. The van der Waals surface area contributed by atoms with Crippen LogP contribution in [0.4, 0.5) is 0 Å². The first-order valence-electron chi connectivity index (χ1n) is 1.62. The lowest BCUT2D eigenvalue weighted by Gasteiger charge is -1.64. The second-order valence-electron chi connectivity index (χ2n) is 0.667. The van der Waals surface area contributed by atoms with Crippen LogP contribution in [0.25, 0.3) is 0 Å². The molecule has 8 heavy (non-hydrogen) atoms. The van der Waals surface area contributed by atoms with E-state index < -0.39 is 5.97 Å². The fourth-order valence-corrected chi connectivity index (χ4v) is 0. The van der Waals surface area contributed by atoms with Crippen LogP contribution in [-0.4, -0.2) is 17.1 Å². The number of nitrogens with one attached hydrogen (secondary N) is 2. The number of carboxylic acids is 1. The van der Waals surface area contributed by atoms with Crippen LogP contribution in [-0.2, 0) is 4.79 Å². The lowest BCUT2D eigenvalue weighted by molar-refractivity contribution is -0.131. The van der Waals surface area contributed by atoms with Gasteiger partial charge in [0.05, 0.1) is 6.01 Å². The van der Waals surface area contributed by atoms with Crippen molar-refractivity contribution in [3.05, 3.63) is 12.7 Å². The molecule has 0 radical (unpaired) electrons. The average Bonchev–Trinajstić information content (AvgIpc) is 1.69. The summed E-state index contributed by atoms with van der Waals surface area (Å²) in [6, 6.07) is 1.25. The first kappa shape index (κ1) is 9.77. The Morgan fingerprint density at radius 2 is 1.88 bits per heavy atom. The summed E-state index contributed by atoms with van der Waals surface area (Å²) >= 11 is 0. The van der Waals surface area contributed by atoms with Crippen LogP contribution in [0.5, 0.6) is 0 Å². The molecule has 0 unspecified atom stereocenters. The van der Waals surface area contributed by atoms with E-state index in [9.17, 15) is 4.79 Å². The zero-order valence-corrected chi connectivity index (χ0v) is 4.14. The van der Waals surface area contributed by atoms with E-state index in [1.807, 2.05) is 0 Å². The van der Waals surface area contributed by atoms with Gasteiger partial charge >= 0.3 is 5.97 Å². The van der Waals surface area contributed by atoms with Gasteiger partial charge in [-0.05, 0) is 0 Å². The summed E-state index contributed by atoms with van der Waals surface area (Å²) < 4.78 is 0. The molecule has 3 N–H and O–H groups in total. The van der Waals surface area contributed by atoms with E-state index in [1.165, 1.54) is 6.01 Å². The fourth-order valence-electron chi connectivity index (χ4n) is 0. The van der Waals surface area contributed by atoms with Gasteiger partial charge in [0, 0.05) is 6.08 Å². The molecule has 0 aliphatic heterocycles. The van der Waals surface area contributed by atoms with E-state index in [0.29, 0.717) is 0 Å². The van der Waals surface area contributed by atoms with E-state index in [0.717, 1.165) is 6.08 Å². The molecule has 0 heterocycles. The molecule has 0 aliphatic carbocycles. The van der Waals surface area contributed by atoms with Crippen molar-refractivity contribution in [3.8, 4) is 0 Å². The van der Waals surface area contributed by atoms with Crippen LogP contribution >= 0.6 is 0 Å². The topological polar surface area (TPSA) is 85.0 Å². The van der Waals surface area contributed by atoms with Gasteiger partial charge in [0.25, 0.3) is 0 Å². The number of aliphatic carboxylic acids is 1. The van der Waals surface area contributed by atoms with Crippen LogP contribution < -0.4 is 0 Å². The molecule has 0 atom stereocenters. The molecule has 0 amide bonds. The minimum Gasteiger partial charge on any atom is -0.478 e. The predicted octanol–water partition coefficient (Wildman–Crippen LogP) is 0.575. The van der Waals surface area contributed by atoms with E-state index >= 15 is 0 Å². The van der Waals surface area contributed by atoms with Gasteiger partial charge in [0.15, 0.2) is 0 Å². The van der Waals surface area contributed by atoms with Gasteiger partial charge in [-0.1, -0.05) is 6.58 Å². The van der Waals surface area contributed by atoms with Gasteiger partial charge in [-0.2, -0.15) is 0 Å².